The lowest BCUT2D eigenvalue weighted by Gasteiger charge is -2.17. The van der Waals surface area contributed by atoms with Crippen molar-refractivity contribution in [3.8, 4) is 0 Å². The Hall–Kier alpha value is -1.34. The number of thioether (sulfide) groups is 1. The van der Waals surface area contributed by atoms with E-state index in [9.17, 15) is 5.11 Å². The smallest absolute Gasteiger partial charge is 0.200 e. The molecule has 0 aliphatic heterocycles. The van der Waals surface area contributed by atoms with Crippen molar-refractivity contribution in [3.05, 3.63) is 18.1 Å². The Morgan fingerprint density at radius 3 is 3.05 bits per heavy atom. The van der Waals surface area contributed by atoms with Crippen LogP contribution in [0.3, 0.4) is 0 Å². The lowest BCUT2D eigenvalue weighted by molar-refractivity contribution is 0.272. The summed E-state index contributed by atoms with van der Waals surface area (Å²) in [5.41, 5.74) is 2.54. The third-order valence-corrected chi connectivity index (χ3v) is 3.58. The van der Waals surface area contributed by atoms with Crippen LogP contribution in [0.25, 0.3) is 5.65 Å². The highest BCUT2D eigenvalue weighted by atomic mass is 32.2. The molecule has 0 aliphatic carbocycles. The van der Waals surface area contributed by atoms with E-state index in [0.29, 0.717) is 5.65 Å². The van der Waals surface area contributed by atoms with Crippen molar-refractivity contribution in [3.63, 3.8) is 0 Å². The quantitative estimate of drug-likeness (QED) is 0.794. The number of fused-ring (bicyclic) bond motifs is 1. The molecular formula is C12H19N5OS. The zero-order valence-corrected chi connectivity index (χ0v) is 12.0. The molecular weight excluding hydrogens is 262 g/mol. The van der Waals surface area contributed by atoms with Crippen molar-refractivity contribution in [2.24, 2.45) is 0 Å². The number of nitrogens with zero attached hydrogens (tertiary/aromatic N) is 4. The Morgan fingerprint density at radius 1 is 1.53 bits per heavy atom. The lowest BCUT2D eigenvalue weighted by atomic mass is 10.2. The molecule has 2 aromatic heterocycles. The van der Waals surface area contributed by atoms with Gasteiger partial charge >= 0.3 is 0 Å². The van der Waals surface area contributed by atoms with Crippen molar-refractivity contribution in [2.45, 2.75) is 25.8 Å². The van der Waals surface area contributed by atoms with E-state index in [1.54, 1.807) is 22.6 Å². The number of aromatic nitrogens is 4. The van der Waals surface area contributed by atoms with Crippen molar-refractivity contribution in [2.75, 3.05) is 23.9 Å². The van der Waals surface area contributed by atoms with Crippen LogP contribution in [-0.2, 0) is 6.42 Å². The van der Waals surface area contributed by atoms with Crippen molar-refractivity contribution >= 4 is 23.1 Å². The largest absolute Gasteiger partial charge is 0.394 e. The molecule has 0 aliphatic rings. The van der Waals surface area contributed by atoms with Crippen LogP contribution in [0.15, 0.2) is 12.4 Å². The minimum Gasteiger partial charge on any atom is -0.394 e. The highest BCUT2D eigenvalue weighted by molar-refractivity contribution is 7.98. The summed E-state index contributed by atoms with van der Waals surface area (Å²) in [5.74, 6) is 1.01. The van der Waals surface area contributed by atoms with Gasteiger partial charge in [-0.2, -0.15) is 21.4 Å². The van der Waals surface area contributed by atoms with Gasteiger partial charge in [-0.3, -0.25) is 0 Å². The monoisotopic (exact) mass is 281 g/mol. The summed E-state index contributed by atoms with van der Waals surface area (Å²) < 4.78 is 1.67. The maximum Gasteiger partial charge on any atom is 0.200 e. The topological polar surface area (TPSA) is 75.3 Å². The van der Waals surface area contributed by atoms with Gasteiger partial charge in [-0.1, -0.05) is 6.92 Å². The molecule has 104 valence electrons. The summed E-state index contributed by atoms with van der Waals surface area (Å²) >= 11 is 1.77. The summed E-state index contributed by atoms with van der Waals surface area (Å²) in [6.45, 7) is 2.16. The van der Waals surface area contributed by atoms with E-state index in [1.807, 2.05) is 6.07 Å². The molecule has 0 saturated carbocycles. The van der Waals surface area contributed by atoms with Crippen molar-refractivity contribution in [1.82, 2.24) is 19.8 Å². The van der Waals surface area contributed by atoms with Crippen LogP contribution in [0.2, 0.25) is 0 Å². The molecule has 0 fully saturated rings. The predicted octanol–water partition coefficient (Wildman–Crippen LogP) is 1.21. The average Bonchev–Trinajstić information content (AvgIpc) is 2.91. The maximum absolute atomic E-state index is 9.43. The molecule has 0 spiro atoms. The van der Waals surface area contributed by atoms with Gasteiger partial charge in [-0.25, -0.2) is 0 Å². The van der Waals surface area contributed by atoms with Crippen LogP contribution >= 0.6 is 11.8 Å². The molecule has 2 rings (SSSR count). The minimum absolute atomic E-state index is 0.0278. The fourth-order valence-electron chi connectivity index (χ4n) is 1.85. The Balaban J connectivity index is 2.24. The van der Waals surface area contributed by atoms with E-state index in [0.717, 1.165) is 30.0 Å². The molecule has 0 saturated heterocycles. The van der Waals surface area contributed by atoms with Crippen molar-refractivity contribution < 1.29 is 5.11 Å². The number of nitrogens with one attached hydrogen (secondary N) is 1. The van der Waals surface area contributed by atoms with E-state index in [2.05, 4.69) is 33.8 Å². The summed E-state index contributed by atoms with van der Waals surface area (Å²) in [7, 11) is 0. The third kappa shape index (κ3) is 3.36. The molecule has 7 heteroatoms. The SMILES string of the molecule is CCc1cc(N[C@H](CO)CCSC)c2nncn2n1. The highest BCUT2D eigenvalue weighted by Gasteiger charge is 2.12. The van der Waals surface area contributed by atoms with E-state index < -0.39 is 0 Å². The number of aryl methyl sites for hydroxylation is 1. The minimum atomic E-state index is 0.0278. The predicted molar refractivity (Wildman–Crippen MR) is 77.7 cm³/mol. The summed E-state index contributed by atoms with van der Waals surface area (Å²) in [6.07, 6.45) is 5.40. The lowest BCUT2D eigenvalue weighted by Crippen LogP contribution is -2.25. The first kappa shape index (κ1) is 14.1. The number of aliphatic hydroxyl groups excluding tert-OH is 1. The van der Waals surface area contributed by atoms with Gasteiger partial charge in [0.15, 0.2) is 0 Å². The fraction of sp³-hybridized carbons (Fsp3) is 0.583. The second-order valence-corrected chi connectivity index (χ2v) is 5.29. The van der Waals surface area contributed by atoms with Crippen LogP contribution < -0.4 is 5.32 Å². The first-order valence-corrected chi connectivity index (χ1v) is 7.74. The Kier molecular flexibility index (Phi) is 4.98. The number of rotatable bonds is 7. The van der Waals surface area contributed by atoms with Crippen LogP contribution in [-0.4, -0.2) is 49.6 Å². The van der Waals surface area contributed by atoms with Crippen molar-refractivity contribution in [1.29, 1.82) is 0 Å². The Labute approximate surface area is 116 Å². The summed E-state index contributed by atoms with van der Waals surface area (Å²) in [4.78, 5) is 0. The fourth-order valence-corrected chi connectivity index (χ4v) is 2.37. The first-order valence-electron chi connectivity index (χ1n) is 6.34. The zero-order chi connectivity index (χ0) is 13.7. The molecule has 19 heavy (non-hydrogen) atoms. The average molecular weight is 281 g/mol. The highest BCUT2D eigenvalue weighted by Crippen LogP contribution is 2.17. The second kappa shape index (κ2) is 6.72. The van der Waals surface area contributed by atoms with Gasteiger partial charge in [0.05, 0.1) is 24.0 Å². The van der Waals surface area contributed by atoms with Crippen LogP contribution in [0.4, 0.5) is 5.69 Å². The molecule has 2 aromatic rings. The van der Waals surface area contributed by atoms with E-state index in [-0.39, 0.29) is 12.6 Å². The number of hydrogen-bond donors (Lipinski definition) is 2. The molecule has 6 nitrogen and oxygen atoms in total. The Morgan fingerprint density at radius 2 is 2.37 bits per heavy atom. The normalized spacial score (nSPS) is 12.8. The molecule has 0 aromatic carbocycles. The van der Waals surface area contributed by atoms with Gasteiger partial charge in [-0.05, 0) is 30.9 Å². The van der Waals surface area contributed by atoms with Gasteiger partial charge in [0, 0.05) is 0 Å². The van der Waals surface area contributed by atoms with Gasteiger partial charge < -0.3 is 10.4 Å². The standard InChI is InChI=1S/C12H19N5OS/c1-3-9-6-11(12-15-13-8-17(12)16-9)14-10(7-18)4-5-19-2/h6,8,10,14,18H,3-5,7H2,1-2H3/t10-/m0/s1. The number of hydrogen-bond acceptors (Lipinski definition) is 6. The number of aliphatic hydroxyl groups is 1. The third-order valence-electron chi connectivity index (χ3n) is 2.93. The molecule has 2 N–H and O–H groups in total. The molecule has 0 unspecified atom stereocenters. The zero-order valence-electron chi connectivity index (χ0n) is 11.2. The Bertz CT molecular complexity index is 530. The summed E-state index contributed by atoms with van der Waals surface area (Å²) in [6, 6.07) is 2.01. The van der Waals surface area contributed by atoms with Gasteiger partial charge in [0.1, 0.15) is 6.33 Å². The molecule has 0 radical (unpaired) electrons. The molecule has 0 bridgehead atoms. The van der Waals surface area contributed by atoms with Crippen LogP contribution in [0.5, 0.6) is 0 Å². The van der Waals surface area contributed by atoms with Gasteiger partial charge in [-0.15, -0.1) is 10.2 Å². The van der Waals surface area contributed by atoms with Crippen LogP contribution in [0.1, 0.15) is 19.0 Å². The molecule has 1 atom stereocenters. The van der Waals surface area contributed by atoms with Gasteiger partial charge in [0.25, 0.3) is 0 Å². The first-order chi connectivity index (χ1) is 9.28. The summed E-state index contributed by atoms with van der Waals surface area (Å²) in [5, 5.41) is 25.1. The molecule has 2 heterocycles. The van der Waals surface area contributed by atoms with E-state index in [1.165, 1.54) is 0 Å². The second-order valence-electron chi connectivity index (χ2n) is 4.31. The van der Waals surface area contributed by atoms with E-state index >= 15 is 0 Å². The van der Waals surface area contributed by atoms with Gasteiger partial charge in [0.2, 0.25) is 5.65 Å². The molecule has 0 amide bonds. The van der Waals surface area contributed by atoms with E-state index in [4.69, 9.17) is 0 Å². The van der Waals surface area contributed by atoms with Crippen LogP contribution in [0, 0.1) is 0 Å². The number of anilines is 1. The maximum atomic E-state index is 9.43.